The monoisotopic (exact) mass is 565 g/mol. The normalized spacial score (nSPS) is 11.8. The lowest BCUT2D eigenvalue weighted by Gasteiger charge is -2.06. The van der Waals surface area contributed by atoms with E-state index in [1.807, 2.05) is 0 Å². The molecule has 0 saturated heterocycles. The van der Waals surface area contributed by atoms with E-state index in [9.17, 15) is 26.4 Å². The number of carbonyl (C=O) groups is 2. The highest BCUT2D eigenvalue weighted by molar-refractivity contribution is 7.93. The SMILES string of the molecule is CC(=O)Nc1ccc(S(=O)(=O)Nc2nc(CC(=O)Nc3nc4ccc(S(C)(=O)=O)cc4s3)cs2)cc1. The third-order valence-corrected chi connectivity index (χ3v) is 8.97. The van der Waals surface area contributed by atoms with E-state index in [1.165, 1.54) is 43.3 Å². The number of hydrogen-bond donors (Lipinski definition) is 3. The molecule has 0 spiro atoms. The van der Waals surface area contributed by atoms with Gasteiger partial charge < -0.3 is 10.6 Å². The first-order valence-corrected chi connectivity index (χ1v) is 15.2. The fourth-order valence-corrected chi connectivity index (χ4v) is 6.65. The molecule has 0 fully saturated rings. The Morgan fingerprint density at radius 1 is 0.917 bits per heavy atom. The molecule has 4 aromatic rings. The summed E-state index contributed by atoms with van der Waals surface area (Å²) in [5.74, 6) is -0.682. The summed E-state index contributed by atoms with van der Waals surface area (Å²) in [6.07, 6.45) is 0.998. The van der Waals surface area contributed by atoms with Gasteiger partial charge in [-0.2, -0.15) is 0 Å². The number of sulfonamides is 1. The standard InChI is InChI=1S/C21H19N5O6S4/c1-12(27)22-13-3-5-15(6-4-13)36(31,32)26-21-23-14(11-33-21)9-19(28)25-20-24-17-8-7-16(35(2,29)30)10-18(17)34-20/h3-8,10-11H,9H2,1-2H3,(H,22,27)(H,23,26)(H,24,25,28). The number of nitrogens with zero attached hydrogens (tertiary/aromatic N) is 2. The van der Waals surface area contributed by atoms with Crippen molar-refractivity contribution < 1.29 is 26.4 Å². The van der Waals surface area contributed by atoms with Crippen molar-refractivity contribution in [3.63, 3.8) is 0 Å². The lowest BCUT2D eigenvalue weighted by atomic mass is 10.3. The number of anilines is 3. The number of benzene rings is 2. The van der Waals surface area contributed by atoms with Crippen molar-refractivity contribution in [2.24, 2.45) is 0 Å². The van der Waals surface area contributed by atoms with E-state index in [0.29, 0.717) is 26.7 Å². The molecule has 0 aliphatic heterocycles. The molecule has 36 heavy (non-hydrogen) atoms. The van der Waals surface area contributed by atoms with Crippen LogP contribution in [0.4, 0.5) is 16.0 Å². The van der Waals surface area contributed by atoms with E-state index in [4.69, 9.17) is 0 Å². The van der Waals surface area contributed by atoms with Crippen molar-refractivity contribution in [2.75, 3.05) is 21.6 Å². The summed E-state index contributed by atoms with van der Waals surface area (Å²) in [6, 6.07) is 10.2. The average Bonchev–Trinajstić information content (AvgIpc) is 3.37. The van der Waals surface area contributed by atoms with E-state index >= 15 is 0 Å². The lowest BCUT2D eigenvalue weighted by Crippen LogP contribution is -2.15. The molecule has 3 N–H and O–H groups in total. The van der Waals surface area contributed by atoms with Crippen LogP contribution in [0.25, 0.3) is 10.2 Å². The van der Waals surface area contributed by atoms with Crippen LogP contribution in [-0.2, 0) is 35.9 Å². The van der Waals surface area contributed by atoms with Gasteiger partial charge in [-0.1, -0.05) is 11.3 Å². The molecule has 2 aromatic heterocycles. The molecule has 0 aliphatic rings. The van der Waals surface area contributed by atoms with Gasteiger partial charge >= 0.3 is 0 Å². The van der Waals surface area contributed by atoms with Gasteiger partial charge in [0.2, 0.25) is 11.8 Å². The maximum absolute atomic E-state index is 12.6. The summed E-state index contributed by atoms with van der Waals surface area (Å²) >= 11 is 2.17. The van der Waals surface area contributed by atoms with Crippen LogP contribution in [0.15, 0.2) is 57.6 Å². The van der Waals surface area contributed by atoms with Gasteiger partial charge in [0.25, 0.3) is 10.0 Å². The molecule has 2 aromatic carbocycles. The maximum Gasteiger partial charge on any atom is 0.263 e. The van der Waals surface area contributed by atoms with E-state index in [2.05, 4.69) is 25.3 Å². The Labute approximate surface area is 214 Å². The summed E-state index contributed by atoms with van der Waals surface area (Å²) in [4.78, 5) is 32.2. The second kappa shape index (κ2) is 9.93. The lowest BCUT2D eigenvalue weighted by molar-refractivity contribution is -0.116. The summed E-state index contributed by atoms with van der Waals surface area (Å²) < 4.78 is 51.7. The van der Waals surface area contributed by atoms with Gasteiger partial charge in [-0.05, 0) is 42.5 Å². The zero-order valence-corrected chi connectivity index (χ0v) is 22.1. The number of nitrogens with one attached hydrogen (secondary N) is 3. The van der Waals surface area contributed by atoms with Crippen molar-refractivity contribution in [1.82, 2.24) is 9.97 Å². The highest BCUT2D eigenvalue weighted by Crippen LogP contribution is 2.28. The Balaban J connectivity index is 1.39. The predicted octanol–water partition coefficient (Wildman–Crippen LogP) is 3.10. The molecule has 0 unspecified atom stereocenters. The van der Waals surface area contributed by atoms with Gasteiger partial charge in [-0.3, -0.25) is 14.3 Å². The van der Waals surface area contributed by atoms with Crippen molar-refractivity contribution in [3.8, 4) is 0 Å². The van der Waals surface area contributed by atoms with Gasteiger partial charge in [0, 0.05) is 24.2 Å². The van der Waals surface area contributed by atoms with Crippen LogP contribution >= 0.6 is 22.7 Å². The van der Waals surface area contributed by atoms with Gasteiger partial charge in [0.1, 0.15) is 0 Å². The first-order chi connectivity index (χ1) is 16.9. The molecule has 188 valence electrons. The van der Waals surface area contributed by atoms with Crippen LogP contribution in [0.1, 0.15) is 12.6 Å². The number of carbonyl (C=O) groups excluding carboxylic acids is 2. The second-order valence-corrected chi connectivity index (χ2v) is 13.2. The smallest absolute Gasteiger partial charge is 0.263 e. The molecular weight excluding hydrogens is 547 g/mol. The van der Waals surface area contributed by atoms with E-state index in [0.717, 1.165) is 28.9 Å². The quantitative estimate of drug-likeness (QED) is 0.293. The number of fused-ring (bicyclic) bond motifs is 1. The fraction of sp³-hybridized carbons (Fsp3) is 0.143. The minimum Gasteiger partial charge on any atom is -0.326 e. The van der Waals surface area contributed by atoms with Crippen LogP contribution in [0, 0.1) is 0 Å². The fourth-order valence-electron chi connectivity index (χ4n) is 3.05. The molecule has 2 heterocycles. The number of hydrogen-bond acceptors (Lipinski definition) is 10. The predicted molar refractivity (Wildman–Crippen MR) is 139 cm³/mol. The summed E-state index contributed by atoms with van der Waals surface area (Å²) in [5.41, 5.74) is 1.38. The molecule has 15 heteroatoms. The molecule has 0 radical (unpaired) electrons. The third kappa shape index (κ3) is 6.23. The average molecular weight is 566 g/mol. The summed E-state index contributed by atoms with van der Waals surface area (Å²) in [7, 11) is -7.28. The Hall–Kier alpha value is -3.40. The minimum atomic E-state index is -3.92. The second-order valence-electron chi connectivity index (χ2n) is 7.60. The Bertz CT molecular complexity index is 1680. The molecule has 2 amide bonds. The number of sulfone groups is 1. The van der Waals surface area contributed by atoms with Gasteiger partial charge in [-0.15, -0.1) is 11.3 Å². The zero-order chi connectivity index (χ0) is 26.1. The number of aromatic nitrogens is 2. The van der Waals surface area contributed by atoms with Crippen LogP contribution in [0.5, 0.6) is 0 Å². The van der Waals surface area contributed by atoms with Crippen LogP contribution in [-0.4, -0.2) is 44.9 Å². The highest BCUT2D eigenvalue weighted by Gasteiger charge is 2.18. The summed E-state index contributed by atoms with van der Waals surface area (Å²) in [6.45, 7) is 1.35. The van der Waals surface area contributed by atoms with Gasteiger partial charge in [0.05, 0.1) is 32.1 Å². The van der Waals surface area contributed by atoms with E-state index in [1.54, 1.807) is 11.4 Å². The van der Waals surface area contributed by atoms with Crippen molar-refractivity contribution in [1.29, 1.82) is 0 Å². The molecular formula is C21H19N5O6S4. The van der Waals surface area contributed by atoms with Crippen LogP contribution in [0.2, 0.25) is 0 Å². The molecule has 4 rings (SSSR count). The van der Waals surface area contributed by atoms with Crippen LogP contribution < -0.4 is 15.4 Å². The topological polar surface area (TPSA) is 164 Å². The van der Waals surface area contributed by atoms with Crippen molar-refractivity contribution >= 4 is 80.5 Å². The Morgan fingerprint density at radius 3 is 2.28 bits per heavy atom. The summed E-state index contributed by atoms with van der Waals surface area (Å²) in [5, 5.41) is 7.18. The number of rotatable bonds is 8. The highest BCUT2D eigenvalue weighted by atomic mass is 32.2. The van der Waals surface area contributed by atoms with Gasteiger partial charge in [-0.25, -0.2) is 26.8 Å². The Morgan fingerprint density at radius 2 is 1.61 bits per heavy atom. The van der Waals surface area contributed by atoms with Gasteiger partial charge in [0.15, 0.2) is 20.1 Å². The number of amides is 2. The minimum absolute atomic E-state index is 0.0130. The van der Waals surface area contributed by atoms with E-state index in [-0.39, 0.29) is 27.3 Å². The molecule has 0 saturated carbocycles. The van der Waals surface area contributed by atoms with E-state index < -0.39 is 25.8 Å². The van der Waals surface area contributed by atoms with Crippen molar-refractivity contribution in [3.05, 3.63) is 53.5 Å². The molecule has 0 aliphatic carbocycles. The molecule has 0 atom stereocenters. The number of thiazole rings is 2. The zero-order valence-electron chi connectivity index (χ0n) is 18.8. The Kier molecular flexibility index (Phi) is 7.08. The third-order valence-electron chi connectivity index (χ3n) is 4.63. The van der Waals surface area contributed by atoms with Crippen molar-refractivity contribution in [2.45, 2.75) is 23.1 Å². The largest absolute Gasteiger partial charge is 0.326 e. The first-order valence-electron chi connectivity index (χ1n) is 10.1. The molecule has 0 bridgehead atoms. The van der Waals surface area contributed by atoms with Crippen LogP contribution in [0.3, 0.4) is 0 Å². The molecule has 11 nitrogen and oxygen atoms in total. The maximum atomic E-state index is 12.6. The first kappa shape index (κ1) is 25.7.